The monoisotopic (exact) mass is 233 g/mol. The van der Waals surface area contributed by atoms with Gasteiger partial charge in [-0.1, -0.05) is 19.4 Å². The van der Waals surface area contributed by atoms with E-state index in [-0.39, 0.29) is 0 Å². The Bertz CT molecular complexity index is 451. The summed E-state index contributed by atoms with van der Waals surface area (Å²) in [5, 5.41) is 2.05. The largest absolute Gasteiger partial charge is 0.496 e. The second-order valence-corrected chi connectivity index (χ2v) is 4.38. The average molecular weight is 233 g/mol. The van der Waals surface area contributed by atoms with Crippen molar-refractivity contribution in [2.75, 3.05) is 7.11 Å². The fourth-order valence-electron chi connectivity index (χ4n) is 1.75. The molecule has 0 amide bonds. The zero-order chi connectivity index (χ0) is 11.4. The Hall–Kier alpha value is -1.35. The number of aryl methyl sites for hydroxylation is 1. The molecule has 0 aliphatic rings. The van der Waals surface area contributed by atoms with Crippen molar-refractivity contribution in [2.24, 2.45) is 0 Å². The van der Waals surface area contributed by atoms with Gasteiger partial charge in [0, 0.05) is 10.9 Å². The van der Waals surface area contributed by atoms with E-state index in [9.17, 15) is 0 Å². The standard InChI is InChI=1S/C13H15NOS/c1-3-4-10-5-6-13(15-2)11(7-10)12-8-16-9-14-12/h5-9H,3-4H2,1-2H3. The minimum Gasteiger partial charge on any atom is -0.496 e. The van der Waals surface area contributed by atoms with Crippen LogP contribution in [0.3, 0.4) is 0 Å². The van der Waals surface area contributed by atoms with Gasteiger partial charge in [-0.2, -0.15) is 0 Å². The van der Waals surface area contributed by atoms with Gasteiger partial charge in [0.1, 0.15) is 5.75 Å². The number of nitrogens with zero attached hydrogens (tertiary/aromatic N) is 1. The van der Waals surface area contributed by atoms with Gasteiger partial charge in [0.25, 0.3) is 0 Å². The first-order chi connectivity index (χ1) is 7.85. The summed E-state index contributed by atoms with van der Waals surface area (Å²) in [5.41, 5.74) is 5.28. The smallest absolute Gasteiger partial charge is 0.128 e. The molecule has 0 unspecified atom stereocenters. The van der Waals surface area contributed by atoms with Gasteiger partial charge in [-0.25, -0.2) is 4.98 Å². The molecule has 1 aromatic heterocycles. The van der Waals surface area contributed by atoms with Gasteiger partial charge in [-0.3, -0.25) is 0 Å². The predicted molar refractivity (Wildman–Crippen MR) is 68.1 cm³/mol. The van der Waals surface area contributed by atoms with Crippen molar-refractivity contribution >= 4 is 11.3 Å². The van der Waals surface area contributed by atoms with Crippen molar-refractivity contribution in [1.82, 2.24) is 4.98 Å². The number of thiazole rings is 1. The van der Waals surface area contributed by atoms with Crippen LogP contribution in [0.2, 0.25) is 0 Å². The van der Waals surface area contributed by atoms with E-state index in [0.29, 0.717) is 0 Å². The molecule has 0 saturated heterocycles. The molecular weight excluding hydrogens is 218 g/mol. The van der Waals surface area contributed by atoms with E-state index in [1.165, 1.54) is 5.56 Å². The highest BCUT2D eigenvalue weighted by Crippen LogP contribution is 2.30. The summed E-state index contributed by atoms with van der Waals surface area (Å²) >= 11 is 1.61. The molecule has 0 aliphatic heterocycles. The average Bonchev–Trinajstić information content (AvgIpc) is 2.83. The van der Waals surface area contributed by atoms with Gasteiger partial charge < -0.3 is 4.74 Å². The maximum absolute atomic E-state index is 5.37. The van der Waals surface area contributed by atoms with Crippen molar-refractivity contribution in [3.63, 3.8) is 0 Å². The van der Waals surface area contributed by atoms with Gasteiger partial charge >= 0.3 is 0 Å². The molecule has 0 spiro atoms. The number of hydrogen-bond donors (Lipinski definition) is 0. The van der Waals surface area contributed by atoms with Crippen molar-refractivity contribution in [3.05, 3.63) is 34.7 Å². The SMILES string of the molecule is CCCc1ccc(OC)c(-c2cscn2)c1. The van der Waals surface area contributed by atoms with Crippen LogP contribution in [0.5, 0.6) is 5.75 Å². The van der Waals surface area contributed by atoms with Gasteiger partial charge in [-0.15, -0.1) is 11.3 Å². The highest BCUT2D eigenvalue weighted by atomic mass is 32.1. The molecule has 1 aromatic carbocycles. The van der Waals surface area contributed by atoms with Crippen LogP contribution < -0.4 is 4.74 Å². The first-order valence-corrected chi connectivity index (χ1v) is 6.35. The van der Waals surface area contributed by atoms with Crippen LogP contribution in [0, 0.1) is 0 Å². The van der Waals surface area contributed by atoms with E-state index in [1.807, 2.05) is 17.0 Å². The van der Waals surface area contributed by atoms with Crippen LogP contribution in [-0.2, 0) is 6.42 Å². The minimum absolute atomic E-state index is 0.894. The third-order valence-electron chi connectivity index (χ3n) is 2.51. The van der Waals surface area contributed by atoms with Crippen LogP contribution >= 0.6 is 11.3 Å². The van der Waals surface area contributed by atoms with E-state index >= 15 is 0 Å². The third kappa shape index (κ3) is 2.25. The van der Waals surface area contributed by atoms with Crippen molar-refractivity contribution < 1.29 is 4.74 Å². The van der Waals surface area contributed by atoms with E-state index in [0.717, 1.165) is 29.8 Å². The lowest BCUT2D eigenvalue weighted by Crippen LogP contribution is -1.91. The molecule has 0 radical (unpaired) electrons. The minimum atomic E-state index is 0.894. The van der Waals surface area contributed by atoms with Gasteiger partial charge in [0.15, 0.2) is 0 Å². The van der Waals surface area contributed by atoms with Gasteiger partial charge in [-0.05, 0) is 24.1 Å². The first-order valence-electron chi connectivity index (χ1n) is 5.40. The van der Waals surface area contributed by atoms with E-state index < -0.39 is 0 Å². The zero-order valence-electron chi connectivity index (χ0n) is 9.56. The zero-order valence-corrected chi connectivity index (χ0v) is 10.4. The van der Waals surface area contributed by atoms with Crippen molar-refractivity contribution in [2.45, 2.75) is 19.8 Å². The Morgan fingerprint density at radius 1 is 1.38 bits per heavy atom. The molecule has 2 aromatic rings. The number of ether oxygens (including phenoxy) is 1. The lowest BCUT2D eigenvalue weighted by molar-refractivity contribution is 0.416. The molecule has 0 aliphatic carbocycles. The molecule has 84 valence electrons. The molecule has 1 heterocycles. The van der Waals surface area contributed by atoms with Gasteiger partial charge in [0.05, 0.1) is 18.3 Å². The molecule has 2 rings (SSSR count). The number of methoxy groups -OCH3 is 1. The van der Waals surface area contributed by atoms with Crippen LogP contribution in [0.25, 0.3) is 11.3 Å². The fourth-order valence-corrected chi connectivity index (χ4v) is 2.30. The number of hydrogen-bond acceptors (Lipinski definition) is 3. The number of rotatable bonds is 4. The lowest BCUT2D eigenvalue weighted by atomic mass is 10.0. The fraction of sp³-hybridized carbons (Fsp3) is 0.308. The van der Waals surface area contributed by atoms with Crippen molar-refractivity contribution in [1.29, 1.82) is 0 Å². The molecule has 0 bridgehead atoms. The lowest BCUT2D eigenvalue weighted by Gasteiger charge is -2.08. The maximum atomic E-state index is 5.37. The molecule has 0 saturated carbocycles. The molecule has 2 nitrogen and oxygen atoms in total. The van der Waals surface area contributed by atoms with Crippen LogP contribution in [0.4, 0.5) is 0 Å². The Balaban J connectivity index is 2.43. The van der Waals surface area contributed by atoms with Crippen LogP contribution in [0.15, 0.2) is 29.1 Å². The summed E-state index contributed by atoms with van der Waals surface area (Å²) in [6, 6.07) is 6.33. The Morgan fingerprint density at radius 2 is 2.25 bits per heavy atom. The second-order valence-electron chi connectivity index (χ2n) is 3.66. The summed E-state index contributed by atoms with van der Waals surface area (Å²) in [7, 11) is 1.70. The topological polar surface area (TPSA) is 22.1 Å². The Kier molecular flexibility index (Phi) is 3.57. The summed E-state index contributed by atoms with van der Waals surface area (Å²) in [4.78, 5) is 4.33. The van der Waals surface area contributed by atoms with E-state index in [4.69, 9.17) is 4.74 Å². The number of benzene rings is 1. The summed E-state index contributed by atoms with van der Waals surface area (Å²) in [6.07, 6.45) is 2.25. The molecule has 0 N–H and O–H groups in total. The normalized spacial score (nSPS) is 10.4. The first kappa shape index (κ1) is 11.1. The molecular formula is C13H15NOS. The molecule has 0 atom stereocenters. The summed E-state index contributed by atoms with van der Waals surface area (Å²) < 4.78 is 5.37. The maximum Gasteiger partial charge on any atom is 0.128 e. The quantitative estimate of drug-likeness (QED) is 0.802. The molecule has 3 heteroatoms. The second kappa shape index (κ2) is 5.12. The summed E-state index contributed by atoms with van der Waals surface area (Å²) in [6.45, 7) is 2.19. The Labute approximate surface area is 99.9 Å². The molecule has 0 fully saturated rings. The predicted octanol–water partition coefficient (Wildman–Crippen LogP) is 3.77. The number of aromatic nitrogens is 1. The highest BCUT2D eigenvalue weighted by molar-refractivity contribution is 7.07. The Morgan fingerprint density at radius 3 is 2.88 bits per heavy atom. The summed E-state index contributed by atoms with van der Waals surface area (Å²) in [5.74, 6) is 0.894. The van der Waals surface area contributed by atoms with Crippen LogP contribution in [-0.4, -0.2) is 12.1 Å². The molecule has 16 heavy (non-hydrogen) atoms. The van der Waals surface area contributed by atoms with E-state index in [2.05, 4.69) is 24.0 Å². The van der Waals surface area contributed by atoms with Gasteiger partial charge in [0.2, 0.25) is 0 Å². The highest BCUT2D eigenvalue weighted by Gasteiger charge is 2.08. The van der Waals surface area contributed by atoms with Crippen LogP contribution in [0.1, 0.15) is 18.9 Å². The third-order valence-corrected chi connectivity index (χ3v) is 3.10. The van der Waals surface area contributed by atoms with E-state index in [1.54, 1.807) is 18.4 Å². The van der Waals surface area contributed by atoms with Crippen molar-refractivity contribution in [3.8, 4) is 17.0 Å².